The van der Waals surface area contributed by atoms with Crippen molar-refractivity contribution in [3.8, 4) is 22.8 Å². The molecular weight excluding hydrogens is 315 g/mol. The lowest BCUT2D eigenvalue weighted by Crippen LogP contribution is -2.10. The van der Waals surface area contributed by atoms with Crippen molar-refractivity contribution in [1.29, 1.82) is 0 Å². The molecule has 1 N–H and O–H groups in total. The zero-order valence-electron chi connectivity index (χ0n) is 12.3. The van der Waals surface area contributed by atoms with E-state index in [1.807, 2.05) is 0 Å². The van der Waals surface area contributed by atoms with Crippen LogP contribution in [0.15, 0.2) is 53.1 Å². The van der Waals surface area contributed by atoms with Gasteiger partial charge in [0.1, 0.15) is 11.5 Å². The van der Waals surface area contributed by atoms with E-state index < -0.39 is 5.91 Å². The Hall–Kier alpha value is -3.35. The number of nitrogens with one attached hydrogen (secondary N) is 1. The Kier molecular flexibility index (Phi) is 3.38. The third-order valence-electron chi connectivity index (χ3n) is 3.50. The van der Waals surface area contributed by atoms with Crippen molar-refractivity contribution in [3.63, 3.8) is 0 Å². The van der Waals surface area contributed by atoms with Crippen LogP contribution in [0.25, 0.3) is 11.3 Å². The Bertz CT molecular complexity index is 905. The van der Waals surface area contributed by atoms with Crippen LogP contribution in [0.2, 0.25) is 0 Å². The van der Waals surface area contributed by atoms with Gasteiger partial charge in [-0.05, 0) is 36.4 Å². The number of anilines is 1. The lowest BCUT2D eigenvalue weighted by atomic mass is 10.1. The monoisotopic (exact) mass is 326 g/mol. The van der Waals surface area contributed by atoms with E-state index in [1.54, 1.807) is 30.3 Å². The number of amides is 1. The van der Waals surface area contributed by atoms with Gasteiger partial charge in [0.25, 0.3) is 5.91 Å². The molecular formula is C17H11FN2O4. The van der Waals surface area contributed by atoms with E-state index in [-0.39, 0.29) is 18.4 Å². The standard InChI is InChI=1S/C17H11FN2O4/c18-11-3-1-10(2-4-11)13-8-16(24-20-13)17(21)19-12-5-6-14-15(7-12)23-9-22-14/h1-8H,9H2,(H,19,21). The van der Waals surface area contributed by atoms with Gasteiger partial charge in [0, 0.05) is 23.4 Å². The quantitative estimate of drug-likeness (QED) is 0.798. The molecule has 7 heteroatoms. The largest absolute Gasteiger partial charge is 0.454 e. The highest BCUT2D eigenvalue weighted by Crippen LogP contribution is 2.34. The molecule has 120 valence electrons. The van der Waals surface area contributed by atoms with Gasteiger partial charge in [-0.25, -0.2) is 4.39 Å². The van der Waals surface area contributed by atoms with Crippen LogP contribution in [0.3, 0.4) is 0 Å². The van der Waals surface area contributed by atoms with Crippen LogP contribution in [0.5, 0.6) is 11.5 Å². The van der Waals surface area contributed by atoms with Crippen LogP contribution in [0.1, 0.15) is 10.6 Å². The summed E-state index contributed by atoms with van der Waals surface area (Å²) in [5, 5.41) is 6.53. The van der Waals surface area contributed by atoms with E-state index in [1.165, 1.54) is 18.2 Å². The highest BCUT2D eigenvalue weighted by molar-refractivity contribution is 6.02. The third kappa shape index (κ3) is 2.67. The fourth-order valence-corrected chi connectivity index (χ4v) is 2.31. The van der Waals surface area contributed by atoms with E-state index in [2.05, 4.69) is 10.5 Å². The fraction of sp³-hybridized carbons (Fsp3) is 0.0588. The molecule has 0 aliphatic carbocycles. The Morgan fingerprint density at radius 3 is 2.67 bits per heavy atom. The Morgan fingerprint density at radius 1 is 1.04 bits per heavy atom. The number of halogens is 1. The summed E-state index contributed by atoms with van der Waals surface area (Å²) in [5.41, 5.74) is 1.65. The summed E-state index contributed by atoms with van der Waals surface area (Å²) in [4.78, 5) is 12.2. The highest BCUT2D eigenvalue weighted by atomic mass is 19.1. The summed E-state index contributed by atoms with van der Waals surface area (Å²) in [6.45, 7) is 0.163. The van der Waals surface area contributed by atoms with E-state index in [4.69, 9.17) is 14.0 Å². The molecule has 1 aliphatic heterocycles. The number of nitrogens with zero attached hydrogens (tertiary/aromatic N) is 1. The van der Waals surface area contributed by atoms with Crippen molar-refractivity contribution in [2.24, 2.45) is 0 Å². The first kappa shape index (κ1) is 14.3. The first-order chi connectivity index (χ1) is 11.7. The lowest BCUT2D eigenvalue weighted by Gasteiger charge is -2.03. The fourth-order valence-electron chi connectivity index (χ4n) is 2.31. The number of hydrogen-bond donors (Lipinski definition) is 1. The molecule has 1 aromatic heterocycles. The van der Waals surface area contributed by atoms with Crippen LogP contribution < -0.4 is 14.8 Å². The smallest absolute Gasteiger partial charge is 0.294 e. The van der Waals surface area contributed by atoms with Gasteiger partial charge in [-0.3, -0.25) is 4.79 Å². The molecule has 2 aromatic carbocycles. The number of aromatic nitrogens is 1. The SMILES string of the molecule is O=C(Nc1ccc2c(c1)OCO2)c1cc(-c2ccc(F)cc2)no1. The average Bonchev–Trinajstić information content (AvgIpc) is 3.24. The first-order valence-corrected chi connectivity index (χ1v) is 7.13. The molecule has 2 heterocycles. The zero-order chi connectivity index (χ0) is 16.5. The van der Waals surface area contributed by atoms with Crippen LogP contribution in [0.4, 0.5) is 10.1 Å². The second-order valence-electron chi connectivity index (χ2n) is 5.11. The molecule has 1 aliphatic rings. The maximum atomic E-state index is 12.9. The van der Waals surface area contributed by atoms with E-state index >= 15 is 0 Å². The van der Waals surface area contributed by atoms with Crippen molar-refractivity contribution >= 4 is 11.6 Å². The highest BCUT2D eigenvalue weighted by Gasteiger charge is 2.17. The molecule has 6 nitrogen and oxygen atoms in total. The number of carbonyl (C=O) groups is 1. The molecule has 0 saturated heterocycles. The topological polar surface area (TPSA) is 73.6 Å². The Balaban J connectivity index is 1.52. The van der Waals surface area contributed by atoms with E-state index in [0.29, 0.717) is 28.4 Å². The zero-order valence-corrected chi connectivity index (χ0v) is 12.3. The van der Waals surface area contributed by atoms with Gasteiger partial charge in [-0.15, -0.1) is 0 Å². The van der Waals surface area contributed by atoms with Gasteiger partial charge in [0.05, 0.1) is 0 Å². The normalized spacial score (nSPS) is 12.2. The summed E-state index contributed by atoms with van der Waals surface area (Å²) < 4.78 is 28.5. The summed E-state index contributed by atoms with van der Waals surface area (Å²) in [6.07, 6.45) is 0. The van der Waals surface area contributed by atoms with Crippen LogP contribution in [0, 0.1) is 5.82 Å². The molecule has 1 amide bonds. The van der Waals surface area contributed by atoms with E-state index in [9.17, 15) is 9.18 Å². The van der Waals surface area contributed by atoms with Gasteiger partial charge < -0.3 is 19.3 Å². The van der Waals surface area contributed by atoms with Crippen molar-refractivity contribution in [1.82, 2.24) is 5.16 Å². The number of rotatable bonds is 3. The minimum absolute atomic E-state index is 0.0481. The number of hydrogen-bond acceptors (Lipinski definition) is 5. The average molecular weight is 326 g/mol. The number of ether oxygens (including phenoxy) is 2. The molecule has 0 radical (unpaired) electrons. The number of carbonyl (C=O) groups excluding carboxylic acids is 1. The van der Waals surface area contributed by atoms with Gasteiger partial charge >= 0.3 is 0 Å². The minimum Gasteiger partial charge on any atom is -0.454 e. The maximum Gasteiger partial charge on any atom is 0.294 e. The van der Waals surface area contributed by atoms with Crippen molar-refractivity contribution in [2.75, 3.05) is 12.1 Å². The van der Waals surface area contributed by atoms with Gasteiger partial charge in [-0.2, -0.15) is 0 Å². The van der Waals surface area contributed by atoms with Crippen molar-refractivity contribution in [2.45, 2.75) is 0 Å². The summed E-state index contributed by atoms with van der Waals surface area (Å²) in [5.74, 6) is 0.452. The molecule has 0 unspecified atom stereocenters. The summed E-state index contributed by atoms with van der Waals surface area (Å²) >= 11 is 0. The van der Waals surface area contributed by atoms with Crippen LogP contribution in [-0.2, 0) is 0 Å². The van der Waals surface area contributed by atoms with Crippen LogP contribution in [-0.4, -0.2) is 17.9 Å². The maximum absolute atomic E-state index is 12.9. The lowest BCUT2D eigenvalue weighted by molar-refractivity contribution is 0.0988. The molecule has 0 bridgehead atoms. The van der Waals surface area contributed by atoms with Gasteiger partial charge in [-0.1, -0.05) is 5.16 Å². The molecule has 24 heavy (non-hydrogen) atoms. The molecule has 0 fully saturated rings. The summed E-state index contributed by atoms with van der Waals surface area (Å²) in [6, 6.07) is 12.3. The first-order valence-electron chi connectivity index (χ1n) is 7.13. The number of benzene rings is 2. The van der Waals surface area contributed by atoms with Gasteiger partial charge in [0.2, 0.25) is 12.6 Å². The second-order valence-corrected chi connectivity index (χ2v) is 5.11. The van der Waals surface area contributed by atoms with Gasteiger partial charge in [0.15, 0.2) is 11.5 Å². The van der Waals surface area contributed by atoms with Crippen molar-refractivity contribution in [3.05, 3.63) is 60.1 Å². The molecule has 0 atom stereocenters. The van der Waals surface area contributed by atoms with E-state index in [0.717, 1.165) is 0 Å². The Morgan fingerprint density at radius 2 is 1.83 bits per heavy atom. The summed E-state index contributed by atoms with van der Waals surface area (Å²) in [7, 11) is 0. The van der Waals surface area contributed by atoms with Crippen molar-refractivity contribution < 1.29 is 23.2 Å². The molecule has 0 spiro atoms. The molecule has 3 aromatic rings. The predicted octanol–water partition coefficient (Wildman–Crippen LogP) is 3.46. The third-order valence-corrected chi connectivity index (χ3v) is 3.50. The number of fused-ring (bicyclic) bond motifs is 1. The minimum atomic E-state index is -0.449. The van der Waals surface area contributed by atoms with Crippen LogP contribution >= 0.6 is 0 Å². The Labute approximate surface area is 135 Å². The predicted molar refractivity (Wildman–Crippen MR) is 82.4 cm³/mol. The molecule has 0 saturated carbocycles. The second kappa shape index (κ2) is 5.69. The molecule has 4 rings (SSSR count).